The molecule has 1 aromatic carbocycles. The van der Waals surface area contributed by atoms with Gasteiger partial charge in [0.1, 0.15) is 5.76 Å². The first-order valence-electron chi connectivity index (χ1n) is 7.61. The molecule has 3 amide bonds. The van der Waals surface area contributed by atoms with Crippen LogP contribution in [0.25, 0.3) is 0 Å². The normalized spacial score (nSPS) is 11.6. The van der Waals surface area contributed by atoms with Crippen molar-refractivity contribution in [2.75, 3.05) is 6.54 Å². The zero-order chi connectivity index (χ0) is 17.4. The predicted octanol–water partition coefficient (Wildman–Crippen LogP) is 2.48. The fraction of sp³-hybridized carbons (Fsp3) is 0.294. The van der Waals surface area contributed by atoms with Gasteiger partial charge in [-0.15, -0.1) is 0 Å². The highest BCUT2D eigenvalue weighted by Crippen LogP contribution is 2.12. The highest BCUT2D eigenvalue weighted by molar-refractivity contribution is 6.30. The second-order valence-corrected chi connectivity index (χ2v) is 5.85. The average Bonchev–Trinajstić information content (AvgIpc) is 3.04. The lowest BCUT2D eigenvalue weighted by atomic mass is 10.1. The molecule has 0 saturated heterocycles. The van der Waals surface area contributed by atoms with E-state index in [0.717, 1.165) is 5.56 Å². The van der Waals surface area contributed by atoms with Gasteiger partial charge in [0.2, 0.25) is 5.91 Å². The lowest BCUT2D eigenvalue weighted by Crippen LogP contribution is -2.44. The quantitative estimate of drug-likeness (QED) is 0.718. The third-order valence-electron chi connectivity index (χ3n) is 3.25. The highest BCUT2D eigenvalue weighted by atomic mass is 35.5. The molecule has 0 bridgehead atoms. The molecule has 1 aromatic heterocycles. The van der Waals surface area contributed by atoms with E-state index in [4.69, 9.17) is 16.0 Å². The molecule has 1 heterocycles. The molecule has 0 unspecified atom stereocenters. The number of rotatable bonds is 7. The lowest BCUT2D eigenvalue weighted by Gasteiger charge is -2.14. The van der Waals surface area contributed by atoms with E-state index in [1.165, 1.54) is 6.26 Å². The van der Waals surface area contributed by atoms with Crippen molar-refractivity contribution in [3.05, 3.63) is 59.0 Å². The summed E-state index contributed by atoms with van der Waals surface area (Å²) >= 11 is 5.94. The molecule has 1 atom stereocenters. The second kappa shape index (κ2) is 8.98. The first kappa shape index (κ1) is 17.9. The number of halogens is 1. The molecule has 0 aliphatic carbocycles. The third kappa shape index (κ3) is 6.34. The van der Waals surface area contributed by atoms with Crippen LogP contribution in [-0.4, -0.2) is 24.5 Å². The number of hydrogen-bond donors (Lipinski definition) is 3. The van der Waals surface area contributed by atoms with Gasteiger partial charge >= 0.3 is 6.03 Å². The van der Waals surface area contributed by atoms with Crippen LogP contribution in [0.4, 0.5) is 4.79 Å². The van der Waals surface area contributed by atoms with Gasteiger partial charge in [0.05, 0.1) is 19.4 Å². The van der Waals surface area contributed by atoms with E-state index in [-0.39, 0.29) is 25.0 Å². The zero-order valence-corrected chi connectivity index (χ0v) is 14.1. The van der Waals surface area contributed by atoms with Crippen LogP contribution in [0.1, 0.15) is 18.2 Å². The van der Waals surface area contributed by atoms with Crippen LogP contribution < -0.4 is 16.0 Å². The molecule has 0 fully saturated rings. The standard InChI is InChI=1S/C17H20ClN3O3/c1-12(8-13-4-2-5-14(18)9-13)21-16(22)11-20-17(23)19-10-15-6-3-7-24-15/h2-7,9,12H,8,10-11H2,1H3,(H,21,22)(H2,19,20,23)/t12-/m1/s1. The maximum Gasteiger partial charge on any atom is 0.315 e. The first-order chi connectivity index (χ1) is 11.5. The summed E-state index contributed by atoms with van der Waals surface area (Å²) in [5.41, 5.74) is 1.04. The summed E-state index contributed by atoms with van der Waals surface area (Å²) in [5.74, 6) is 0.391. The predicted molar refractivity (Wildman–Crippen MR) is 91.7 cm³/mol. The van der Waals surface area contributed by atoms with Crippen LogP contribution in [0.3, 0.4) is 0 Å². The van der Waals surface area contributed by atoms with Crippen LogP contribution in [0, 0.1) is 0 Å². The minimum atomic E-state index is -0.427. The van der Waals surface area contributed by atoms with Gasteiger partial charge in [0.15, 0.2) is 0 Å². The Morgan fingerprint density at radius 3 is 2.75 bits per heavy atom. The Kier molecular flexibility index (Phi) is 6.69. The summed E-state index contributed by atoms with van der Waals surface area (Å²) in [6.07, 6.45) is 2.20. The molecular weight excluding hydrogens is 330 g/mol. The van der Waals surface area contributed by atoms with Crippen molar-refractivity contribution in [1.82, 2.24) is 16.0 Å². The molecule has 2 rings (SSSR count). The molecule has 0 saturated carbocycles. The number of urea groups is 1. The van der Waals surface area contributed by atoms with Crippen molar-refractivity contribution in [3.8, 4) is 0 Å². The van der Waals surface area contributed by atoms with E-state index in [9.17, 15) is 9.59 Å². The van der Waals surface area contributed by atoms with Gasteiger partial charge < -0.3 is 20.4 Å². The summed E-state index contributed by atoms with van der Waals surface area (Å²) in [6, 6.07) is 10.5. The van der Waals surface area contributed by atoms with E-state index < -0.39 is 6.03 Å². The fourth-order valence-corrected chi connectivity index (χ4v) is 2.41. The summed E-state index contributed by atoms with van der Waals surface area (Å²) in [5, 5.41) is 8.60. The largest absolute Gasteiger partial charge is 0.467 e. The van der Waals surface area contributed by atoms with Crippen molar-refractivity contribution in [3.63, 3.8) is 0 Å². The second-order valence-electron chi connectivity index (χ2n) is 5.42. The van der Waals surface area contributed by atoms with Crippen LogP contribution in [0.2, 0.25) is 5.02 Å². The van der Waals surface area contributed by atoms with Crippen molar-refractivity contribution in [2.45, 2.75) is 25.9 Å². The molecule has 24 heavy (non-hydrogen) atoms. The molecule has 3 N–H and O–H groups in total. The molecule has 0 aliphatic heterocycles. The van der Waals surface area contributed by atoms with Crippen LogP contribution in [-0.2, 0) is 17.8 Å². The first-order valence-corrected chi connectivity index (χ1v) is 7.98. The number of carbonyl (C=O) groups excluding carboxylic acids is 2. The number of amides is 3. The minimum absolute atomic E-state index is 0.0658. The average molecular weight is 350 g/mol. The summed E-state index contributed by atoms with van der Waals surface area (Å²) in [7, 11) is 0. The van der Waals surface area contributed by atoms with Crippen LogP contribution in [0.5, 0.6) is 0 Å². The van der Waals surface area contributed by atoms with Crippen LogP contribution >= 0.6 is 11.6 Å². The van der Waals surface area contributed by atoms with Gasteiger partial charge in [-0.3, -0.25) is 4.79 Å². The van der Waals surface area contributed by atoms with E-state index in [1.807, 2.05) is 25.1 Å². The Labute approximate surface area is 145 Å². The van der Waals surface area contributed by atoms with E-state index >= 15 is 0 Å². The topological polar surface area (TPSA) is 83.4 Å². The molecule has 0 aliphatic rings. The van der Waals surface area contributed by atoms with Gasteiger partial charge in [-0.1, -0.05) is 23.7 Å². The third-order valence-corrected chi connectivity index (χ3v) is 3.49. The summed E-state index contributed by atoms with van der Waals surface area (Å²) in [6.45, 7) is 2.07. The minimum Gasteiger partial charge on any atom is -0.467 e. The number of benzene rings is 1. The Morgan fingerprint density at radius 2 is 2.04 bits per heavy atom. The van der Waals surface area contributed by atoms with Gasteiger partial charge in [-0.05, 0) is 43.2 Å². The van der Waals surface area contributed by atoms with Gasteiger partial charge in [0.25, 0.3) is 0 Å². The Hall–Kier alpha value is -2.47. The Bertz CT molecular complexity index is 673. The van der Waals surface area contributed by atoms with Crippen molar-refractivity contribution < 1.29 is 14.0 Å². The maximum atomic E-state index is 11.8. The number of hydrogen-bond acceptors (Lipinski definition) is 3. The molecule has 0 spiro atoms. The number of carbonyl (C=O) groups is 2. The van der Waals surface area contributed by atoms with Crippen molar-refractivity contribution >= 4 is 23.5 Å². The zero-order valence-electron chi connectivity index (χ0n) is 13.3. The highest BCUT2D eigenvalue weighted by Gasteiger charge is 2.10. The molecular formula is C17H20ClN3O3. The maximum absolute atomic E-state index is 11.8. The molecule has 6 nitrogen and oxygen atoms in total. The van der Waals surface area contributed by atoms with E-state index in [2.05, 4.69) is 16.0 Å². The monoisotopic (exact) mass is 349 g/mol. The smallest absolute Gasteiger partial charge is 0.315 e. The SMILES string of the molecule is C[C@H](Cc1cccc(Cl)c1)NC(=O)CNC(=O)NCc1ccco1. The molecule has 2 aromatic rings. The van der Waals surface area contributed by atoms with Crippen molar-refractivity contribution in [2.24, 2.45) is 0 Å². The molecule has 128 valence electrons. The van der Waals surface area contributed by atoms with Crippen LogP contribution in [0.15, 0.2) is 47.1 Å². The molecule has 7 heteroatoms. The fourth-order valence-electron chi connectivity index (χ4n) is 2.20. The van der Waals surface area contributed by atoms with Gasteiger partial charge in [0, 0.05) is 11.1 Å². The van der Waals surface area contributed by atoms with Crippen molar-refractivity contribution in [1.29, 1.82) is 0 Å². The van der Waals surface area contributed by atoms with Gasteiger partial charge in [-0.2, -0.15) is 0 Å². The van der Waals surface area contributed by atoms with Gasteiger partial charge in [-0.25, -0.2) is 4.79 Å². The number of nitrogens with one attached hydrogen (secondary N) is 3. The Balaban J connectivity index is 1.65. The number of furan rings is 1. The van der Waals surface area contributed by atoms with E-state index in [0.29, 0.717) is 17.2 Å². The summed E-state index contributed by atoms with van der Waals surface area (Å²) < 4.78 is 5.10. The summed E-state index contributed by atoms with van der Waals surface area (Å²) in [4.78, 5) is 23.4. The molecule has 0 radical (unpaired) electrons. The van der Waals surface area contributed by atoms with E-state index in [1.54, 1.807) is 18.2 Å². The Morgan fingerprint density at radius 1 is 1.21 bits per heavy atom. The lowest BCUT2D eigenvalue weighted by molar-refractivity contribution is -0.120.